The molecule has 1 aromatic heterocycles. The Labute approximate surface area is 206 Å². The summed E-state index contributed by atoms with van der Waals surface area (Å²) >= 11 is 5.89. The summed E-state index contributed by atoms with van der Waals surface area (Å²) in [4.78, 5) is 36.3. The number of anilines is 1. The van der Waals surface area contributed by atoms with Crippen LogP contribution in [-0.2, 0) is 9.53 Å². The van der Waals surface area contributed by atoms with E-state index in [-0.39, 0.29) is 22.4 Å². The number of carboxylic acids is 1. The molecule has 0 bridgehead atoms. The number of rotatable bonds is 6. The highest BCUT2D eigenvalue weighted by Gasteiger charge is 2.29. The molecule has 3 aromatic rings. The highest BCUT2D eigenvalue weighted by atomic mass is 35.5. The van der Waals surface area contributed by atoms with E-state index in [0.29, 0.717) is 28.4 Å². The van der Waals surface area contributed by atoms with Gasteiger partial charge in [0, 0.05) is 16.1 Å². The lowest BCUT2D eigenvalue weighted by atomic mass is 10.1. The molecule has 9 heteroatoms. The lowest BCUT2D eigenvalue weighted by molar-refractivity contribution is -0.255. The topological polar surface area (TPSA) is 112 Å². The molecule has 2 heterocycles. The highest BCUT2D eigenvalue weighted by Crippen LogP contribution is 2.30. The molecule has 4 rings (SSSR count). The third kappa shape index (κ3) is 5.02. The summed E-state index contributed by atoms with van der Waals surface area (Å²) in [6.07, 6.45) is 1.36. The minimum Gasteiger partial charge on any atom is -0.545 e. The molecule has 0 unspecified atom stereocenters. The van der Waals surface area contributed by atoms with E-state index in [0.717, 1.165) is 10.6 Å². The Hall–Kier alpha value is -4.17. The molecule has 0 radical (unpaired) electrons. The van der Waals surface area contributed by atoms with Gasteiger partial charge in [0.15, 0.2) is 0 Å². The molecule has 2 aromatic carbocycles. The Bertz CT molecular complexity index is 1390. The van der Waals surface area contributed by atoms with E-state index < -0.39 is 17.8 Å². The number of hydrazone groups is 1. The summed E-state index contributed by atoms with van der Waals surface area (Å²) in [6.45, 7) is 5.23. The molecule has 1 aliphatic rings. The molecule has 0 fully saturated rings. The van der Waals surface area contributed by atoms with Crippen molar-refractivity contribution in [1.82, 2.24) is 0 Å². The maximum absolute atomic E-state index is 13.0. The molecule has 35 heavy (non-hydrogen) atoms. The van der Waals surface area contributed by atoms with E-state index in [1.807, 2.05) is 0 Å². The maximum Gasteiger partial charge on any atom is 0.338 e. The number of hydrogen-bond acceptors (Lipinski definition) is 7. The Morgan fingerprint density at radius 2 is 1.83 bits per heavy atom. The zero-order valence-electron chi connectivity index (χ0n) is 19.1. The zero-order valence-corrected chi connectivity index (χ0v) is 19.8. The van der Waals surface area contributed by atoms with Crippen LogP contribution in [0, 0.1) is 0 Å². The van der Waals surface area contributed by atoms with Crippen LogP contribution in [0.4, 0.5) is 5.69 Å². The predicted molar refractivity (Wildman–Crippen MR) is 129 cm³/mol. The van der Waals surface area contributed by atoms with E-state index in [4.69, 9.17) is 20.8 Å². The van der Waals surface area contributed by atoms with Crippen molar-refractivity contribution < 1.29 is 28.6 Å². The van der Waals surface area contributed by atoms with Gasteiger partial charge in [-0.1, -0.05) is 23.7 Å². The van der Waals surface area contributed by atoms with Crippen LogP contribution in [-0.4, -0.2) is 29.7 Å². The third-order valence-electron chi connectivity index (χ3n) is 5.14. The number of carboxylic acid groups (broad SMARTS) is 1. The minimum atomic E-state index is -1.45. The highest BCUT2D eigenvalue weighted by molar-refractivity contribution is 6.34. The number of nitrogens with zero attached hydrogens (tertiary/aromatic N) is 2. The van der Waals surface area contributed by atoms with Gasteiger partial charge in [-0.2, -0.15) is 10.1 Å². The van der Waals surface area contributed by atoms with Gasteiger partial charge in [-0.05, 0) is 69.3 Å². The van der Waals surface area contributed by atoms with Crippen LogP contribution in [0.1, 0.15) is 47.2 Å². The number of amides is 1. The van der Waals surface area contributed by atoms with Crippen LogP contribution in [0.15, 0.2) is 69.7 Å². The lowest BCUT2D eigenvalue weighted by Crippen LogP contribution is -2.25. The van der Waals surface area contributed by atoms with Gasteiger partial charge in [-0.3, -0.25) is 4.79 Å². The monoisotopic (exact) mass is 491 g/mol. The Kier molecular flexibility index (Phi) is 6.57. The molecule has 8 nitrogen and oxygen atoms in total. The lowest BCUT2D eigenvalue weighted by Gasteiger charge is -2.14. The number of carbonyl (C=O) groups excluding carboxylic acids is 3. The minimum absolute atomic E-state index is 0.00447. The Balaban J connectivity index is 1.55. The second-order valence-electron chi connectivity index (χ2n) is 8.05. The van der Waals surface area contributed by atoms with E-state index in [9.17, 15) is 19.5 Å². The average molecular weight is 492 g/mol. The van der Waals surface area contributed by atoms with Gasteiger partial charge in [0.05, 0.1) is 34.6 Å². The summed E-state index contributed by atoms with van der Waals surface area (Å²) in [7, 11) is 0. The second kappa shape index (κ2) is 9.60. The number of halogens is 1. The van der Waals surface area contributed by atoms with Gasteiger partial charge in [-0.15, -0.1) is 0 Å². The Morgan fingerprint density at radius 3 is 2.49 bits per heavy atom. The molecule has 1 amide bonds. The molecular formula is C26H20ClN2O6-. The van der Waals surface area contributed by atoms with Crippen molar-refractivity contribution in [2.75, 3.05) is 5.01 Å². The number of furan rings is 1. The fourth-order valence-corrected chi connectivity index (χ4v) is 3.64. The summed E-state index contributed by atoms with van der Waals surface area (Å²) in [6, 6.07) is 14.4. The van der Waals surface area contributed by atoms with Crippen molar-refractivity contribution in [3.8, 4) is 11.3 Å². The van der Waals surface area contributed by atoms with Gasteiger partial charge >= 0.3 is 5.97 Å². The first-order valence-electron chi connectivity index (χ1n) is 10.7. The number of benzene rings is 2. The molecule has 1 aliphatic heterocycles. The Morgan fingerprint density at radius 1 is 1.11 bits per heavy atom. The molecule has 0 saturated carbocycles. The van der Waals surface area contributed by atoms with Gasteiger partial charge in [0.25, 0.3) is 5.91 Å². The fraction of sp³-hybridized carbons (Fsp3) is 0.154. The maximum atomic E-state index is 13.0. The molecule has 0 spiro atoms. The SMILES string of the molecule is CC1=NN(c2ccc(Cl)c(C(=O)[O-])c2)C(=O)/C1=C/c1ccc(-c2ccc(C(=O)OC(C)C)cc2)o1. The second-order valence-corrected chi connectivity index (χ2v) is 8.45. The fourth-order valence-electron chi connectivity index (χ4n) is 3.44. The number of ether oxygens (including phenoxy) is 1. The van der Waals surface area contributed by atoms with E-state index >= 15 is 0 Å². The van der Waals surface area contributed by atoms with Gasteiger partial charge < -0.3 is 19.1 Å². The van der Waals surface area contributed by atoms with Crippen LogP contribution in [0.3, 0.4) is 0 Å². The number of hydrogen-bond donors (Lipinski definition) is 0. The van der Waals surface area contributed by atoms with E-state index in [1.54, 1.807) is 63.2 Å². The van der Waals surface area contributed by atoms with Crippen molar-refractivity contribution in [3.63, 3.8) is 0 Å². The standard InChI is InChI=1S/C26H21ClN2O6/c1-14(2)34-26(33)17-6-4-16(5-7-17)23-11-9-19(35-23)13-20-15(3)28-29(24(20)30)18-8-10-22(27)21(12-18)25(31)32/h4-14H,1-3H3,(H,31,32)/p-1/b20-13+. The van der Waals surface area contributed by atoms with Crippen LogP contribution in [0.2, 0.25) is 5.02 Å². The number of aromatic carboxylic acids is 1. The molecule has 0 aliphatic carbocycles. The van der Waals surface area contributed by atoms with Crippen molar-refractivity contribution in [1.29, 1.82) is 0 Å². The first kappa shape index (κ1) is 24.0. The van der Waals surface area contributed by atoms with E-state index in [2.05, 4.69) is 5.10 Å². The first-order valence-corrected chi connectivity index (χ1v) is 11.1. The summed E-state index contributed by atoms with van der Waals surface area (Å²) in [5.41, 5.74) is 1.92. The molecular weight excluding hydrogens is 472 g/mol. The van der Waals surface area contributed by atoms with Crippen molar-refractivity contribution in [3.05, 3.63) is 82.1 Å². The van der Waals surface area contributed by atoms with Gasteiger partial charge in [0.2, 0.25) is 0 Å². The first-order chi connectivity index (χ1) is 16.6. The van der Waals surface area contributed by atoms with Crippen LogP contribution >= 0.6 is 11.6 Å². The normalized spacial score (nSPS) is 14.5. The number of carbonyl (C=O) groups is 3. The molecule has 0 atom stereocenters. The van der Waals surface area contributed by atoms with Crippen molar-refractivity contribution >= 4 is 46.9 Å². The molecule has 0 saturated heterocycles. The van der Waals surface area contributed by atoms with Crippen LogP contribution in [0.25, 0.3) is 17.4 Å². The third-order valence-corrected chi connectivity index (χ3v) is 5.47. The average Bonchev–Trinajstić information content (AvgIpc) is 3.39. The zero-order chi connectivity index (χ0) is 25.3. The van der Waals surface area contributed by atoms with Gasteiger partial charge in [0.1, 0.15) is 11.5 Å². The summed E-state index contributed by atoms with van der Waals surface area (Å²) < 4.78 is 11.1. The summed E-state index contributed by atoms with van der Waals surface area (Å²) in [5, 5.41) is 16.6. The summed E-state index contributed by atoms with van der Waals surface area (Å²) in [5.74, 6) is -1.32. The van der Waals surface area contributed by atoms with Crippen LogP contribution < -0.4 is 10.1 Å². The van der Waals surface area contributed by atoms with Crippen molar-refractivity contribution in [2.24, 2.45) is 5.10 Å². The smallest absolute Gasteiger partial charge is 0.338 e. The quantitative estimate of drug-likeness (QED) is 0.374. The molecule has 178 valence electrons. The van der Waals surface area contributed by atoms with Gasteiger partial charge in [-0.25, -0.2) is 4.79 Å². The number of esters is 1. The van der Waals surface area contributed by atoms with Crippen LogP contribution in [0.5, 0.6) is 0 Å². The molecule has 0 N–H and O–H groups in total. The van der Waals surface area contributed by atoms with Crippen molar-refractivity contribution in [2.45, 2.75) is 26.9 Å². The van der Waals surface area contributed by atoms with E-state index in [1.165, 1.54) is 18.2 Å². The largest absolute Gasteiger partial charge is 0.545 e. The predicted octanol–water partition coefficient (Wildman–Crippen LogP) is 4.33.